The van der Waals surface area contributed by atoms with Crippen LogP contribution in [0, 0.1) is 11.8 Å². The monoisotopic (exact) mass is 402 g/mol. The molecule has 2 saturated carbocycles. The molecule has 1 amide bonds. The fourth-order valence-electron chi connectivity index (χ4n) is 4.90. The molecule has 4 aliphatic rings. The lowest BCUT2D eigenvalue weighted by atomic mass is 9.93. The number of carboxylic acid groups (broad SMARTS) is 1. The number of ether oxygens (including phenoxy) is 1. The summed E-state index contributed by atoms with van der Waals surface area (Å²) in [6, 6.07) is 0.150. The van der Waals surface area contributed by atoms with Gasteiger partial charge < -0.3 is 14.7 Å². The first-order valence-corrected chi connectivity index (χ1v) is 11.6. The van der Waals surface area contributed by atoms with Crippen LogP contribution in [-0.2, 0) is 24.2 Å². The number of thioether (sulfide) groups is 1. The summed E-state index contributed by atoms with van der Waals surface area (Å²) in [5, 5.41) is 9.09. The molecular formula is C16H22N2O6S2. The molecular weight excluding hydrogens is 380 g/mol. The van der Waals surface area contributed by atoms with E-state index in [1.807, 2.05) is 0 Å². The van der Waals surface area contributed by atoms with Crippen molar-refractivity contribution in [3.63, 3.8) is 0 Å². The Hall–Kier alpha value is -1.13. The van der Waals surface area contributed by atoms with E-state index in [0.717, 1.165) is 12.8 Å². The van der Waals surface area contributed by atoms with Crippen LogP contribution in [0.4, 0.5) is 0 Å². The lowest BCUT2D eigenvalue weighted by Crippen LogP contribution is -2.47. The fraction of sp³-hybridized carbons (Fsp3) is 0.812. The van der Waals surface area contributed by atoms with Crippen LogP contribution in [0.5, 0.6) is 0 Å². The van der Waals surface area contributed by atoms with E-state index < -0.39 is 28.3 Å². The number of aliphatic carboxylic acids is 1. The summed E-state index contributed by atoms with van der Waals surface area (Å²) in [6.07, 6.45) is 4.61. The summed E-state index contributed by atoms with van der Waals surface area (Å²) >= 11 is 1.38. The number of sulfone groups is 1. The molecule has 144 valence electrons. The van der Waals surface area contributed by atoms with Crippen molar-refractivity contribution in [3.8, 4) is 0 Å². The van der Waals surface area contributed by atoms with Gasteiger partial charge in [0.05, 0.1) is 17.5 Å². The number of hydrogen-bond acceptors (Lipinski definition) is 6. The highest BCUT2D eigenvalue weighted by atomic mass is 32.2. The van der Waals surface area contributed by atoms with Crippen molar-refractivity contribution in [1.82, 2.24) is 4.90 Å². The molecule has 0 aromatic rings. The summed E-state index contributed by atoms with van der Waals surface area (Å²) in [4.78, 5) is 28.8. The standard InChI is InChI=1S/C16H22N2O6S2/c19-14(5-24-6-15(20)21)17-16-18(11-4-9-1-2-10(11)3-9)12-7-26(22,23)8-13(12)25-16/h9-13H,1-8H2,(H,20,21)/t9-,10-,11-,12+,13-/m0/s1. The van der Waals surface area contributed by atoms with Crippen molar-refractivity contribution in [3.05, 3.63) is 0 Å². The average Bonchev–Trinajstić information content (AvgIpc) is 3.26. The van der Waals surface area contributed by atoms with Gasteiger partial charge >= 0.3 is 5.97 Å². The molecule has 2 saturated heterocycles. The van der Waals surface area contributed by atoms with Gasteiger partial charge in [-0.2, -0.15) is 4.99 Å². The van der Waals surface area contributed by atoms with E-state index in [4.69, 9.17) is 9.84 Å². The largest absolute Gasteiger partial charge is 0.480 e. The van der Waals surface area contributed by atoms with Crippen molar-refractivity contribution in [2.45, 2.75) is 43.0 Å². The van der Waals surface area contributed by atoms with E-state index in [1.54, 1.807) is 0 Å². The van der Waals surface area contributed by atoms with Gasteiger partial charge in [-0.1, -0.05) is 18.2 Å². The number of fused-ring (bicyclic) bond motifs is 3. The lowest BCUT2D eigenvalue weighted by Gasteiger charge is -2.36. The number of amidine groups is 1. The second kappa shape index (κ2) is 6.79. The minimum absolute atomic E-state index is 0.0781. The Bertz CT molecular complexity index is 752. The molecule has 10 heteroatoms. The zero-order chi connectivity index (χ0) is 18.5. The van der Waals surface area contributed by atoms with Crippen molar-refractivity contribution < 1.29 is 27.9 Å². The summed E-state index contributed by atoms with van der Waals surface area (Å²) < 4.78 is 29.0. The molecule has 0 radical (unpaired) electrons. The molecule has 2 aliphatic heterocycles. The third-order valence-electron chi connectivity index (χ3n) is 5.84. The molecule has 5 atom stereocenters. The van der Waals surface area contributed by atoms with E-state index in [0.29, 0.717) is 17.0 Å². The van der Waals surface area contributed by atoms with E-state index in [2.05, 4.69) is 9.89 Å². The molecule has 2 aliphatic carbocycles. The molecule has 2 heterocycles. The smallest absolute Gasteiger partial charge is 0.329 e. The molecule has 4 fully saturated rings. The van der Waals surface area contributed by atoms with Crippen LogP contribution in [0.2, 0.25) is 0 Å². The zero-order valence-electron chi connectivity index (χ0n) is 14.2. The molecule has 4 rings (SSSR count). The van der Waals surface area contributed by atoms with Crippen LogP contribution in [0.1, 0.15) is 25.7 Å². The van der Waals surface area contributed by atoms with Gasteiger partial charge in [-0.25, -0.2) is 13.2 Å². The first kappa shape index (κ1) is 18.2. The molecule has 0 spiro atoms. The van der Waals surface area contributed by atoms with E-state index in [1.165, 1.54) is 24.6 Å². The number of nitrogens with zero attached hydrogens (tertiary/aromatic N) is 2. The predicted octanol–water partition coefficient (Wildman–Crippen LogP) is 0.373. The third-order valence-corrected chi connectivity index (χ3v) is 9.06. The second-order valence-electron chi connectivity index (χ2n) is 7.62. The number of aliphatic imine (C=N–C) groups is 1. The lowest BCUT2D eigenvalue weighted by molar-refractivity contribution is -0.143. The highest BCUT2D eigenvalue weighted by Crippen LogP contribution is 2.51. The summed E-state index contributed by atoms with van der Waals surface area (Å²) in [7, 11) is -3.05. The Kier molecular flexibility index (Phi) is 4.77. The van der Waals surface area contributed by atoms with Crippen LogP contribution < -0.4 is 0 Å². The Morgan fingerprint density at radius 1 is 1.19 bits per heavy atom. The Labute approximate surface area is 156 Å². The molecule has 26 heavy (non-hydrogen) atoms. The maximum atomic E-state index is 12.1. The number of hydrogen-bond donors (Lipinski definition) is 1. The quantitative estimate of drug-likeness (QED) is 0.702. The van der Waals surface area contributed by atoms with E-state index in [9.17, 15) is 18.0 Å². The highest BCUT2D eigenvalue weighted by Gasteiger charge is 2.54. The number of amides is 1. The van der Waals surface area contributed by atoms with Gasteiger partial charge in [0.15, 0.2) is 15.0 Å². The maximum Gasteiger partial charge on any atom is 0.329 e. The van der Waals surface area contributed by atoms with Gasteiger partial charge in [-0.15, -0.1) is 0 Å². The molecule has 0 aromatic carbocycles. The minimum atomic E-state index is -3.05. The number of carboxylic acids is 1. The van der Waals surface area contributed by atoms with Crippen LogP contribution in [0.25, 0.3) is 0 Å². The third kappa shape index (κ3) is 3.50. The Morgan fingerprint density at radius 3 is 2.65 bits per heavy atom. The number of rotatable bonds is 5. The SMILES string of the molecule is O=C(O)COCC(=O)N=C1S[C@H]2CS(=O)(=O)C[C@H]2N1[C@H]1C[C@H]2CC[C@H]1C2. The second-order valence-corrected chi connectivity index (χ2v) is 11.0. The molecule has 0 aromatic heterocycles. The molecule has 8 nitrogen and oxygen atoms in total. The van der Waals surface area contributed by atoms with Gasteiger partial charge in [0.2, 0.25) is 0 Å². The van der Waals surface area contributed by atoms with Crippen LogP contribution in [0.15, 0.2) is 4.99 Å². The van der Waals surface area contributed by atoms with Crippen LogP contribution in [0.3, 0.4) is 0 Å². The summed E-state index contributed by atoms with van der Waals surface area (Å²) in [6.45, 7) is -0.919. The van der Waals surface area contributed by atoms with E-state index >= 15 is 0 Å². The van der Waals surface area contributed by atoms with Gasteiger partial charge in [0.1, 0.15) is 13.2 Å². The summed E-state index contributed by atoms with van der Waals surface area (Å²) in [5.41, 5.74) is 0. The zero-order valence-corrected chi connectivity index (χ0v) is 15.9. The highest BCUT2D eigenvalue weighted by molar-refractivity contribution is 8.15. The van der Waals surface area contributed by atoms with Crippen LogP contribution in [-0.4, -0.2) is 77.5 Å². The number of carbonyl (C=O) groups excluding carboxylic acids is 1. The van der Waals surface area contributed by atoms with Crippen LogP contribution >= 0.6 is 11.8 Å². The van der Waals surface area contributed by atoms with E-state index in [-0.39, 0.29) is 35.4 Å². The van der Waals surface area contributed by atoms with Crippen molar-refractivity contribution in [2.24, 2.45) is 16.8 Å². The normalized spacial score (nSPS) is 38.8. The molecule has 0 unspecified atom stereocenters. The van der Waals surface area contributed by atoms with Gasteiger partial charge in [-0.3, -0.25) is 4.79 Å². The average molecular weight is 402 g/mol. The maximum absolute atomic E-state index is 12.1. The van der Waals surface area contributed by atoms with Crippen molar-refractivity contribution in [2.75, 3.05) is 24.7 Å². The minimum Gasteiger partial charge on any atom is -0.480 e. The van der Waals surface area contributed by atoms with Crippen molar-refractivity contribution >= 4 is 38.6 Å². The first-order valence-electron chi connectivity index (χ1n) is 8.89. The predicted molar refractivity (Wildman–Crippen MR) is 95.8 cm³/mol. The van der Waals surface area contributed by atoms with Crippen molar-refractivity contribution in [1.29, 1.82) is 0 Å². The summed E-state index contributed by atoms with van der Waals surface area (Å²) in [5.74, 6) is -0.160. The first-order chi connectivity index (χ1) is 12.3. The Morgan fingerprint density at radius 2 is 2.00 bits per heavy atom. The topological polar surface area (TPSA) is 113 Å². The Balaban J connectivity index is 1.52. The fourth-order valence-corrected chi connectivity index (χ4v) is 8.89. The van der Waals surface area contributed by atoms with Gasteiger partial charge in [0, 0.05) is 11.3 Å². The van der Waals surface area contributed by atoms with Gasteiger partial charge in [-0.05, 0) is 31.1 Å². The molecule has 2 bridgehead atoms. The van der Waals surface area contributed by atoms with Gasteiger partial charge in [0.25, 0.3) is 5.91 Å². The number of carbonyl (C=O) groups is 2. The molecule has 1 N–H and O–H groups in total.